The molecule has 0 radical (unpaired) electrons. The van der Waals surface area contributed by atoms with E-state index < -0.39 is 12.3 Å². The number of benzene rings is 1. The number of rotatable bonds is 7. The third-order valence-electron chi connectivity index (χ3n) is 4.79. The van der Waals surface area contributed by atoms with Gasteiger partial charge in [-0.25, -0.2) is 14.1 Å². The predicted octanol–water partition coefficient (Wildman–Crippen LogP) is 3.37. The fourth-order valence-electron chi connectivity index (χ4n) is 3.39. The molecule has 3 aromatic rings. The highest BCUT2D eigenvalue weighted by atomic mass is 19.3. The molecule has 1 fully saturated rings. The molecule has 31 heavy (non-hydrogen) atoms. The van der Waals surface area contributed by atoms with Crippen molar-refractivity contribution < 1.29 is 22.7 Å². The Kier molecular flexibility index (Phi) is 5.30. The molecule has 1 N–H and O–H groups in total. The van der Waals surface area contributed by atoms with Crippen LogP contribution in [0.1, 0.15) is 12.6 Å². The molecule has 1 saturated heterocycles. The molecule has 1 amide bonds. The summed E-state index contributed by atoms with van der Waals surface area (Å²) in [6.07, 6.45) is -1.43. The number of carbonyl (C=O) groups is 1. The number of aromatic nitrogens is 3. The van der Waals surface area contributed by atoms with Gasteiger partial charge in [0.15, 0.2) is 5.65 Å². The molecule has 3 heterocycles. The SMILES string of the molecule is C=CC(=O)NCc1nn(-c2ccc(OC(C)(F)F)cc2)c2nccc(N3CC(F)C3)c12. The molecule has 1 aliphatic rings. The average molecular weight is 431 g/mol. The number of anilines is 1. The van der Waals surface area contributed by atoms with E-state index in [0.29, 0.717) is 29.3 Å². The number of alkyl halides is 3. The van der Waals surface area contributed by atoms with E-state index in [9.17, 15) is 18.0 Å². The molecule has 2 aromatic heterocycles. The van der Waals surface area contributed by atoms with Gasteiger partial charge in [0.05, 0.1) is 42.1 Å². The van der Waals surface area contributed by atoms with Crippen molar-refractivity contribution in [3.05, 3.63) is 54.9 Å². The number of nitrogens with one attached hydrogen (secondary N) is 1. The van der Waals surface area contributed by atoms with Crippen LogP contribution in [-0.2, 0) is 11.3 Å². The van der Waals surface area contributed by atoms with Gasteiger partial charge in [-0.2, -0.15) is 13.9 Å². The van der Waals surface area contributed by atoms with Gasteiger partial charge in [-0.3, -0.25) is 4.79 Å². The van der Waals surface area contributed by atoms with Crippen molar-refractivity contribution >= 4 is 22.6 Å². The van der Waals surface area contributed by atoms with Crippen molar-refractivity contribution in [2.24, 2.45) is 0 Å². The largest absolute Gasteiger partial charge is 0.433 e. The van der Waals surface area contributed by atoms with E-state index in [1.54, 1.807) is 29.1 Å². The summed E-state index contributed by atoms with van der Waals surface area (Å²) < 4.78 is 45.8. The zero-order valence-electron chi connectivity index (χ0n) is 16.7. The summed E-state index contributed by atoms with van der Waals surface area (Å²) in [5.74, 6) is -0.350. The number of halogens is 3. The molecule has 10 heteroatoms. The Labute approximate surface area is 176 Å². The molecule has 0 bridgehead atoms. The molecule has 162 valence electrons. The molecular formula is C21H20F3N5O2. The monoisotopic (exact) mass is 431 g/mol. The third kappa shape index (κ3) is 4.32. The summed E-state index contributed by atoms with van der Waals surface area (Å²) in [6, 6.07) is 7.75. The number of hydrogen-bond acceptors (Lipinski definition) is 5. The van der Waals surface area contributed by atoms with Crippen LogP contribution in [0.3, 0.4) is 0 Å². The first kappa shape index (κ1) is 20.7. The summed E-state index contributed by atoms with van der Waals surface area (Å²) in [7, 11) is 0. The van der Waals surface area contributed by atoms with Gasteiger partial charge in [0, 0.05) is 13.1 Å². The van der Waals surface area contributed by atoms with Crippen molar-refractivity contribution in [1.82, 2.24) is 20.1 Å². The molecule has 0 unspecified atom stereocenters. The van der Waals surface area contributed by atoms with E-state index in [1.807, 2.05) is 4.90 Å². The van der Waals surface area contributed by atoms with Gasteiger partial charge in [0.25, 0.3) is 0 Å². The second kappa shape index (κ2) is 7.93. The zero-order chi connectivity index (χ0) is 22.2. The van der Waals surface area contributed by atoms with Crippen LogP contribution in [0.2, 0.25) is 0 Å². The first-order valence-electron chi connectivity index (χ1n) is 9.58. The summed E-state index contributed by atoms with van der Waals surface area (Å²) in [6.45, 7) is 4.74. The summed E-state index contributed by atoms with van der Waals surface area (Å²) >= 11 is 0. The van der Waals surface area contributed by atoms with Gasteiger partial charge in [-0.05, 0) is 36.4 Å². The van der Waals surface area contributed by atoms with Crippen molar-refractivity contribution in [2.75, 3.05) is 18.0 Å². The van der Waals surface area contributed by atoms with Crippen molar-refractivity contribution in [3.63, 3.8) is 0 Å². The molecule has 7 nitrogen and oxygen atoms in total. The number of amides is 1. The number of nitrogens with zero attached hydrogens (tertiary/aromatic N) is 4. The fraction of sp³-hybridized carbons (Fsp3) is 0.286. The van der Waals surface area contributed by atoms with E-state index in [4.69, 9.17) is 0 Å². The van der Waals surface area contributed by atoms with Crippen LogP contribution in [0.25, 0.3) is 16.7 Å². The number of pyridine rings is 1. The number of ether oxygens (including phenoxy) is 1. The summed E-state index contributed by atoms with van der Waals surface area (Å²) in [4.78, 5) is 18.0. The lowest BCUT2D eigenvalue weighted by Crippen LogP contribution is -2.48. The van der Waals surface area contributed by atoms with Crippen LogP contribution >= 0.6 is 0 Å². The Bertz CT molecular complexity index is 1120. The molecule has 1 aromatic carbocycles. The highest BCUT2D eigenvalue weighted by Gasteiger charge is 2.30. The Hall–Kier alpha value is -3.56. The maximum atomic E-state index is 13.5. The predicted molar refractivity (Wildman–Crippen MR) is 109 cm³/mol. The van der Waals surface area contributed by atoms with E-state index >= 15 is 0 Å². The third-order valence-corrected chi connectivity index (χ3v) is 4.79. The Morgan fingerprint density at radius 1 is 1.32 bits per heavy atom. The Balaban J connectivity index is 1.76. The second-order valence-electron chi connectivity index (χ2n) is 7.22. The van der Waals surface area contributed by atoms with Crippen molar-refractivity contribution in [1.29, 1.82) is 0 Å². The lowest BCUT2D eigenvalue weighted by molar-refractivity contribution is -0.158. The van der Waals surface area contributed by atoms with Crippen molar-refractivity contribution in [2.45, 2.75) is 25.7 Å². The molecule has 0 saturated carbocycles. The second-order valence-corrected chi connectivity index (χ2v) is 7.22. The van der Waals surface area contributed by atoms with E-state index in [1.165, 1.54) is 12.1 Å². The minimum atomic E-state index is -3.29. The maximum Gasteiger partial charge on any atom is 0.394 e. The van der Waals surface area contributed by atoms with Crippen molar-refractivity contribution in [3.8, 4) is 11.4 Å². The van der Waals surface area contributed by atoms with Gasteiger partial charge >= 0.3 is 6.11 Å². The molecule has 4 rings (SSSR count). The molecule has 0 spiro atoms. The topological polar surface area (TPSA) is 72.3 Å². The van der Waals surface area contributed by atoms with E-state index in [2.05, 4.69) is 26.7 Å². The number of hydrogen-bond donors (Lipinski definition) is 1. The molecule has 0 atom stereocenters. The van der Waals surface area contributed by atoms with Gasteiger partial charge in [-0.15, -0.1) is 0 Å². The van der Waals surface area contributed by atoms with Gasteiger partial charge in [0.1, 0.15) is 11.9 Å². The van der Waals surface area contributed by atoms with Crippen LogP contribution in [0.15, 0.2) is 49.2 Å². The quantitative estimate of drug-likeness (QED) is 0.581. The van der Waals surface area contributed by atoms with Crippen LogP contribution in [0.5, 0.6) is 5.75 Å². The number of carbonyl (C=O) groups excluding carboxylic acids is 1. The van der Waals surface area contributed by atoms with E-state index in [0.717, 1.165) is 11.8 Å². The zero-order valence-corrected chi connectivity index (χ0v) is 16.7. The molecule has 0 aliphatic carbocycles. The first-order valence-corrected chi connectivity index (χ1v) is 9.58. The standard InChI is InChI=1S/C21H20F3N5O2/c1-3-18(30)26-10-16-19-17(28-11-13(22)12-28)8-9-25-20(19)29(27-16)14-4-6-15(7-5-14)31-21(2,23)24/h3-9,13H,1,10-12H2,2H3,(H,26,30). The maximum absolute atomic E-state index is 13.5. The smallest absolute Gasteiger partial charge is 0.394 e. The van der Waals surface area contributed by atoms with Gasteiger partial charge < -0.3 is 15.0 Å². The fourth-order valence-corrected chi connectivity index (χ4v) is 3.39. The van der Waals surface area contributed by atoms with Gasteiger partial charge in [-0.1, -0.05) is 6.58 Å². The van der Waals surface area contributed by atoms with Crippen LogP contribution < -0.4 is 15.0 Å². The van der Waals surface area contributed by atoms with Crippen LogP contribution in [-0.4, -0.2) is 46.0 Å². The molecular weight excluding hydrogens is 411 g/mol. The first-order chi connectivity index (χ1) is 14.7. The van der Waals surface area contributed by atoms with Gasteiger partial charge in [0.2, 0.25) is 5.91 Å². The van der Waals surface area contributed by atoms with E-state index in [-0.39, 0.29) is 31.3 Å². The Morgan fingerprint density at radius 2 is 2.03 bits per heavy atom. The number of fused-ring (bicyclic) bond motifs is 1. The lowest BCUT2D eigenvalue weighted by atomic mass is 10.1. The summed E-state index contributed by atoms with van der Waals surface area (Å²) in [5.41, 5.74) is 2.36. The average Bonchev–Trinajstić information content (AvgIpc) is 3.08. The lowest BCUT2D eigenvalue weighted by Gasteiger charge is -2.36. The van der Waals surface area contributed by atoms with Crippen LogP contribution in [0, 0.1) is 0 Å². The molecule has 1 aliphatic heterocycles. The normalized spacial score (nSPS) is 14.4. The minimum Gasteiger partial charge on any atom is -0.433 e. The highest BCUT2D eigenvalue weighted by Crippen LogP contribution is 2.33. The summed E-state index contributed by atoms with van der Waals surface area (Å²) in [5, 5.41) is 7.96. The minimum absolute atomic E-state index is 0.00870. The Morgan fingerprint density at radius 3 is 2.65 bits per heavy atom. The highest BCUT2D eigenvalue weighted by molar-refractivity contribution is 5.94. The van der Waals surface area contributed by atoms with Crippen LogP contribution in [0.4, 0.5) is 18.9 Å².